The molecule has 3 atom stereocenters. The third-order valence-electron chi connectivity index (χ3n) is 7.74. The van der Waals surface area contributed by atoms with Gasteiger partial charge in [-0.3, -0.25) is 9.59 Å². The van der Waals surface area contributed by atoms with Crippen molar-refractivity contribution in [3.8, 4) is 0 Å². The topological polar surface area (TPSA) is 49.4 Å². The number of fused-ring (bicyclic) bond motifs is 2. The lowest BCUT2D eigenvalue weighted by molar-refractivity contribution is -0.137. The van der Waals surface area contributed by atoms with Gasteiger partial charge in [0.15, 0.2) is 0 Å². The van der Waals surface area contributed by atoms with Crippen molar-refractivity contribution < 1.29 is 22.8 Å². The zero-order chi connectivity index (χ0) is 27.0. The van der Waals surface area contributed by atoms with Gasteiger partial charge in [-0.15, -0.1) is 0 Å². The van der Waals surface area contributed by atoms with Gasteiger partial charge in [0, 0.05) is 21.4 Å². The zero-order valence-electron chi connectivity index (χ0n) is 21.2. The molecule has 2 amide bonds. The molecule has 1 N–H and O–H groups in total. The van der Waals surface area contributed by atoms with E-state index in [9.17, 15) is 22.8 Å². The van der Waals surface area contributed by atoms with Crippen molar-refractivity contribution in [3.05, 3.63) is 89.0 Å². The number of hydrogen-bond donors (Lipinski definition) is 1. The van der Waals surface area contributed by atoms with E-state index in [0.717, 1.165) is 41.2 Å². The van der Waals surface area contributed by atoms with Crippen molar-refractivity contribution in [3.63, 3.8) is 0 Å². The summed E-state index contributed by atoms with van der Waals surface area (Å²) >= 11 is 1.44. The predicted octanol–water partition coefficient (Wildman–Crippen LogP) is 7.57. The van der Waals surface area contributed by atoms with Crippen LogP contribution in [-0.2, 0) is 12.7 Å². The Kier molecular flexibility index (Phi) is 7.27. The number of amides is 2. The molecule has 38 heavy (non-hydrogen) atoms. The number of halogens is 3. The van der Waals surface area contributed by atoms with E-state index in [1.165, 1.54) is 23.9 Å². The minimum absolute atomic E-state index is 0.0705. The molecule has 1 heterocycles. The second-order valence-electron chi connectivity index (χ2n) is 10.2. The Bertz CT molecular complexity index is 1360. The second-order valence-corrected chi connectivity index (χ2v) is 11.3. The first-order valence-corrected chi connectivity index (χ1v) is 13.6. The van der Waals surface area contributed by atoms with Crippen LogP contribution in [0, 0.1) is 11.8 Å². The Labute approximate surface area is 224 Å². The highest BCUT2D eigenvalue weighted by molar-refractivity contribution is 7.99. The molecule has 2 aliphatic rings. The molecule has 0 unspecified atom stereocenters. The highest BCUT2D eigenvalue weighted by Gasteiger charge is 2.32. The van der Waals surface area contributed by atoms with Crippen molar-refractivity contribution in [2.24, 2.45) is 11.8 Å². The van der Waals surface area contributed by atoms with Crippen molar-refractivity contribution in [1.29, 1.82) is 0 Å². The summed E-state index contributed by atoms with van der Waals surface area (Å²) in [5.74, 6) is 0.454. The van der Waals surface area contributed by atoms with Gasteiger partial charge < -0.3 is 10.2 Å². The zero-order valence-corrected chi connectivity index (χ0v) is 22.0. The molecule has 0 spiro atoms. The number of carbonyl (C=O) groups excluding carboxylic acids is 2. The van der Waals surface area contributed by atoms with Crippen LogP contribution in [0.1, 0.15) is 65.0 Å². The Morgan fingerprint density at radius 3 is 2.47 bits per heavy atom. The number of carbonyl (C=O) groups is 2. The van der Waals surface area contributed by atoms with Crippen molar-refractivity contribution in [2.45, 2.75) is 61.7 Å². The van der Waals surface area contributed by atoms with E-state index in [1.54, 1.807) is 29.2 Å². The summed E-state index contributed by atoms with van der Waals surface area (Å²) in [6, 6.07) is 17.5. The fourth-order valence-corrected chi connectivity index (χ4v) is 6.30. The minimum Gasteiger partial charge on any atom is -0.349 e. The first-order valence-electron chi connectivity index (χ1n) is 12.8. The average Bonchev–Trinajstić information content (AvgIpc) is 3.00. The second kappa shape index (κ2) is 10.5. The van der Waals surface area contributed by atoms with Crippen LogP contribution in [0.2, 0.25) is 0 Å². The Morgan fingerprint density at radius 1 is 1.00 bits per heavy atom. The lowest BCUT2D eigenvalue weighted by Gasteiger charge is -2.34. The molecule has 3 aromatic carbocycles. The highest BCUT2D eigenvalue weighted by Crippen LogP contribution is 2.42. The van der Waals surface area contributed by atoms with Crippen LogP contribution < -0.4 is 10.2 Å². The van der Waals surface area contributed by atoms with Gasteiger partial charge in [-0.1, -0.05) is 62.7 Å². The summed E-state index contributed by atoms with van der Waals surface area (Å²) in [5, 5.41) is 3.20. The number of hydrogen-bond acceptors (Lipinski definition) is 3. The van der Waals surface area contributed by atoms with Crippen molar-refractivity contribution >= 4 is 29.3 Å². The molecule has 0 bridgehead atoms. The SMILES string of the molecule is C[C@H]1[C@H](C)CCC[C@H]1NC(=O)c1ccc2c(c1)N(Cc1ccc(C(F)(F)F)cc1)C(=O)c1ccccc1S2. The number of nitrogens with zero attached hydrogens (tertiary/aromatic N) is 1. The fraction of sp³-hybridized carbons (Fsp3) is 0.333. The van der Waals surface area contributed by atoms with E-state index in [-0.39, 0.29) is 24.4 Å². The molecule has 0 radical (unpaired) electrons. The molecular formula is C30H29F3N2O2S. The van der Waals surface area contributed by atoms with Crippen LogP contribution in [0.25, 0.3) is 0 Å². The monoisotopic (exact) mass is 538 g/mol. The molecule has 4 nitrogen and oxygen atoms in total. The maximum atomic E-state index is 13.7. The number of alkyl halides is 3. The molecular weight excluding hydrogens is 509 g/mol. The lowest BCUT2D eigenvalue weighted by atomic mass is 9.78. The van der Waals surface area contributed by atoms with E-state index in [4.69, 9.17) is 0 Å². The van der Waals surface area contributed by atoms with Gasteiger partial charge in [-0.05, 0) is 66.3 Å². The quantitative estimate of drug-likeness (QED) is 0.373. The molecule has 1 fully saturated rings. The van der Waals surface area contributed by atoms with Crippen LogP contribution >= 0.6 is 11.8 Å². The molecule has 0 aromatic heterocycles. The van der Waals surface area contributed by atoms with Crippen LogP contribution in [0.15, 0.2) is 76.5 Å². The predicted molar refractivity (Wildman–Crippen MR) is 142 cm³/mol. The highest BCUT2D eigenvalue weighted by atomic mass is 32.2. The fourth-order valence-electron chi connectivity index (χ4n) is 5.24. The number of anilines is 1. The van der Waals surface area contributed by atoms with Crippen molar-refractivity contribution in [2.75, 3.05) is 4.90 Å². The number of nitrogens with one attached hydrogen (secondary N) is 1. The van der Waals surface area contributed by atoms with E-state index >= 15 is 0 Å². The van der Waals surface area contributed by atoms with E-state index in [1.807, 2.05) is 18.2 Å². The molecule has 1 aliphatic carbocycles. The summed E-state index contributed by atoms with van der Waals surface area (Å²) in [4.78, 5) is 30.2. The van der Waals surface area contributed by atoms with Crippen LogP contribution in [0.4, 0.5) is 18.9 Å². The average molecular weight is 539 g/mol. The Morgan fingerprint density at radius 2 is 1.74 bits per heavy atom. The number of rotatable bonds is 4. The smallest absolute Gasteiger partial charge is 0.349 e. The van der Waals surface area contributed by atoms with Gasteiger partial charge in [0.1, 0.15) is 0 Å². The van der Waals surface area contributed by atoms with Crippen LogP contribution in [0.5, 0.6) is 0 Å². The standard InChI is InChI=1S/C30H29F3N2O2S/c1-18-6-5-8-24(19(18)2)34-28(36)21-12-15-27-25(16-21)35(29(37)23-7-3-4-9-26(23)38-27)17-20-10-13-22(14-11-20)30(31,32)33/h3-4,7,9-16,18-19,24H,5-6,8,17H2,1-2H3,(H,34,36)/t18-,19+,24-/m1/s1. The largest absolute Gasteiger partial charge is 0.416 e. The maximum Gasteiger partial charge on any atom is 0.416 e. The Hall–Kier alpha value is -3.26. The van der Waals surface area contributed by atoms with E-state index in [2.05, 4.69) is 19.2 Å². The van der Waals surface area contributed by atoms with Gasteiger partial charge in [0.25, 0.3) is 11.8 Å². The molecule has 3 aromatic rings. The summed E-state index contributed by atoms with van der Waals surface area (Å²) in [6.45, 7) is 4.45. The third kappa shape index (κ3) is 5.32. The maximum absolute atomic E-state index is 13.7. The van der Waals surface area contributed by atoms with Gasteiger partial charge in [0.05, 0.1) is 23.4 Å². The minimum atomic E-state index is -4.44. The summed E-state index contributed by atoms with van der Waals surface area (Å²) in [5.41, 5.74) is 1.34. The van der Waals surface area contributed by atoms with Crippen molar-refractivity contribution in [1.82, 2.24) is 5.32 Å². The molecule has 5 rings (SSSR count). The van der Waals surface area contributed by atoms with Gasteiger partial charge in [-0.25, -0.2) is 0 Å². The van der Waals surface area contributed by atoms with E-state index < -0.39 is 11.7 Å². The normalized spacial score (nSPS) is 21.3. The molecule has 0 saturated heterocycles. The lowest BCUT2D eigenvalue weighted by Crippen LogP contribution is -2.43. The first-order chi connectivity index (χ1) is 18.1. The molecule has 198 valence electrons. The van der Waals surface area contributed by atoms with Gasteiger partial charge in [0.2, 0.25) is 0 Å². The van der Waals surface area contributed by atoms with E-state index in [0.29, 0.717) is 34.2 Å². The molecule has 1 saturated carbocycles. The Balaban J connectivity index is 1.49. The summed E-state index contributed by atoms with van der Waals surface area (Å²) < 4.78 is 39.3. The summed E-state index contributed by atoms with van der Waals surface area (Å²) in [7, 11) is 0. The number of benzene rings is 3. The first kappa shape index (κ1) is 26.4. The summed E-state index contributed by atoms with van der Waals surface area (Å²) in [6.07, 6.45) is -1.27. The van der Waals surface area contributed by atoms with Gasteiger partial charge in [-0.2, -0.15) is 13.2 Å². The third-order valence-corrected chi connectivity index (χ3v) is 8.88. The van der Waals surface area contributed by atoms with Crippen LogP contribution in [-0.4, -0.2) is 17.9 Å². The molecule has 8 heteroatoms. The van der Waals surface area contributed by atoms with Crippen LogP contribution in [0.3, 0.4) is 0 Å². The molecule has 1 aliphatic heterocycles. The van der Waals surface area contributed by atoms with Gasteiger partial charge >= 0.3 is 6.18 Å².